The van der Waals surface area contributed by atoms with Gasteiger partial charge in [-0.25, -0.2) is 0 Å². The number of hydrogen-bond donors (Lipinski definition) is 3. The van der Waals surface area contributed by atoms with Crippen LogP contribution in [0.5, 0.6) is 0 Å². The molecule has 0 aliphatic carbocycles. The summed E-state index contributed by atoms with van der Waals surface area (Å²) in [6.07, 6.45) is 0.425. The van der Waals surface area contributed by atoms with E-state index >= 15 is 0 Å². The van der Waals surface area contributed by atoms with Gasteiger partial charge in [0.15, 0.2) is 0 Å². The van der Waals surface area contributed by atoms with E-state index in [2.05, 4.69) is 10.6 Å². The van der Waals surface area contributed by atoms with Crippen molar-refractivity contribution >= 4 is 11.8 Å². The quantitative estimate of drug-likeness (QED) is 0.746. The molecule has 0 saturated heterocycles. The summed E-state index contributed by atoms with van der Waals surface area (Å²) >= 11 is 0. The van der Waals surface area contributed by atoms with Crippen molar-refractivity contribution in [2.75, 3.05) is 13.6 Å². The average molecular weight is 311 g/mol. The smallest absolute Gasteiger partial charge is 0.239 e. The zero-order valence-electron chi connectivity index (χ0n) is 13.1. The van der Waals surface area contributed by atoms with Crippen LogP contribution < -0.4 is 16.4 Å². The van der Waals surface area contributed by atoms with Gasteiger partial charge in [-0.1, -0.05) is 54.6 Å². The second kappa shape index (κ2) is 8.10. The van der Waals surface area contributed by atoms with Gasteiger partial charge < -0.3 is 16.4 Å². The summed E-state index contributed by atoms with van der Waals surface area (Å²) in [6, 6.07) is 17.4. The molecule has 2 aromatic carbocycles. The molecule has 2 aromatic rings. The van der Waals surface area contributed by atoms with Crippen molar-refractivity contribution in [1.29, 1.82) is 0 Å². The summed E-state index contributed by atoms with van der Waals surface area (Å²) in [6.45, 7) is -0.0595. The Kier molecular flexibility index (Phi) is 5.88. The highest BCUT2D eigenvalue weighted by Gasteiger charge is 2.14. The first-order valence-electron chi connectivity index (χ1n) is 7.48. The minimum absolute atomic E-state index is 0.0595. The molecule has 0 bridgehead atoms. The van der Waals surface area contributed by atoms with Gasteiger partial charge in [-0.3, -0.25) is 9.59 Å². The predicted octanol–water partition coefficient (Wildman–Crippen LogP) is 1.09. The van der Waals surface area contributed by atoms with Crippen LogP contribution in [0.1, 0.15) is 5.56 Å². The van der Waals surface area contributed by atoms with Gasteiger partial charge in [0.25, 0.3) is 0 Å². The predicted molar refractivity (Wildman–Crippen MR) is 90.6 cm³/mol. The number of amides is 2. The van der Waals surface area contributed by atoms with Crippen LogP contribution >= 0.6 is 0 Å². The number of likely N-dealkylation sites (N-methyl/N-ethyl adjacent to an activating group) is 1. The third-order valence-corrected chi connectivity index (χ3v) is 3.56. The molecule has 0 heterocycles. The van der Waals surface area contributed by atoms with Gasteiger partial charge in [0.05, 0.1) is 12.6 Å². The van der Waals surface area contributed by atoms with E-state index in [9.17, 15) is 9.59 Å². The normalized spacial score (nSPS) is 11.6. The number of carbonyl (C=O) groups is 2. The number of nitrogens with two attached hydrogens (primary N) is 1. The molecule has 0 radical (unpaired) electrons. The summed E-state index contributed by atoms with van der Waals surface area (Å²) in [4.78, 5) is 22.9. The van der Waals surface area contributed by atoms with Crippen molar-refractivity contribution in [3.8, 4) is 11.1 Å². The molecule has 0 saturated carbocycles. The highest BCUT2D eigenvalue weighted by Crippen LogP contribution is 2.19. The van der Waals surface area contributed by atoms with E-state index in [1.54, 1.807) is 0 Å². The molecule has 0 aliphatic rings. The first kappa shape index (κ1) is 16.7. The van der Waals surface area contributed by atoms with Gasteiger partial charge in [-0.15, -0.1) is 0 Å². The Labute approximate surface area is 135 Å². The second-order valence-corrected chi connectivity index (χ2v) is 5.26. The van der Waals surface area contributed by atoms with E-state index in [1.165, 1.54) is 7.05 Å². The zero-order chi connectivity index (χ0) is 16.7. The van der Waals surface area contributed by atoms with Crippen LogP contribution in [0.15, 0.2) is 54.6 Å². The number of nitrogens with one attached hydrogen (secondary N) is 2. The van der Waals surface area contributed by atoms with Crippen molar-refractivity contribution in [2.24, 2.45) is 5.73 Å². The van der Waals surface area contributed by atoms with Crippen LogP contribution in [0.25, 0.3) is 11.1 Å². The number of carbonyl (C=O) groups excluding carboxylic acids is 2. The average Bonchev–Trinajstić information content (AvgIpc) is 2.60. The van der Waals surface area contributed by atoms with Crippen LogP contribution in [0, 0.1) is 0 Å². The summed E-state index contributed by atoms with van der Waals surface area (Å²) in [5.41, 5.74) is 9.12. The zero-order valence-corrected chi connectivity index (χ0v) is 13.1. The fraction of sp³-hybridized carbons (Fsp3) is 0.222. The molecule has 2 rings (SSSR count). The van der Waals surface area contributed by atoms with Crippen molar-refractivity contribution in [3.05, 3.63) is 60.2 Å². The highest BCUT2D eigenvalue weighted by atomic mass is 16.2. The third-order valence-electron chi connectivity index (χ3n) is 3.56. The molecule has 1 atom stereocenters. The summed E-state index contributed by atoms with van der Waals surface area (Å²) in [5, 5.41) is 4.95. The Morgan fingerprint density at radius 3 is 2.22 bits per heavy atom. The lowest BCUT2D eigenvalue weighted by Crippen LogP contribution is -2.45. The molecular weight excluding hydrogens is 290 g/mol. The van der Waals surface area contributed by atoms with Gasteiger partial charge in [0.1, 0.15) is 0 Å². The lowest BCUT2D eigenvalue weighted by molar-refractivity contribution is -0.126. The van der Waals surface area contributed by atoms with E-state index in [1.807, 2.05) is 54.6 Å². The summed E-state index contributed by atoms with van der Waals surface area (Å²) < 4.78 is 0. The Balaban J connectivity index is 1.92. The van der Waals surface area contributed by atoms with E-state index in [-0.39, 0.29) is 18.4 Å². The molecule has 120 valence electrons. The minimum Gasteiger partial charge on any atom is -0.358 e. The first-order chi connectivity index (χ1) is 11.1. The molecule has 1 unspecified atom stereocenters. The summed E-state index contributed by atoms with van der Waals surface area (Å²) in [5.74, 6) is -0.585. The molecule has 0 aliphatic heterocycles. The molecule has 2 amide bonds. The topological polar surface area (TPSA) is 84.2 Å². The highest BCUT2D eigenvalue weighted by molar-refractivity contribution is 5.87. The van der Waals surface area contributed by atoms with Crippen LogP contribution in [0.3, 0.4) is 0 Å². The molecule has 23 heavy (non-hydrogen) atoms. The van der Waals surface area contributed by atoms with E-state index in [0.717, 1.165) is 16.7 Å². The fourth-order valence-corrected chi connectivity index (χ4v) is 2.20. The fourth-order valence-electron chi connectivity index (χ4n) is 2.20. The third kappa shape index (κ3) is 4.93. The number of hydrogen-bond acceptors (Lipinski definition) is 3. The first-order valence-corrected chi connectivity index (χ1v) is 7.48. The maximum Gasteiger partial charge on any atom is 0.239 e. The van der Waals surface area contributed by atoms with Crippen LogP contribution in [0.2, 0.25) is 0 Å². The largest absolute Gasteiger partial charge is 0.358 e. The van der Waals surface area contributed by atoms with E-state index in [0.29, 0.717) is 6.42 Å². The summed E-state index contributed by atoms with van der Waals surface area (Å²) in [7, 11) is 1.52. The molecule has 4 N–H and O–H groups in total. The van der Waals surface area contributed by atoms with Gasteiger partial charge in [0.2, 0.25) is 11.8 Å². The van der Waals surface area contributed by atoms with Crippen LogP contribution in [0.4, 0.5) is 0 Å². The molecule has 0 spiro atoms. The molecule has 0 fully saturated rings. The Morgan fingerprint density at radius 1 is 1.00 bits per heavy atom. The molecule has 0 aromatic heterocycles. The monoisotopic (exact) mass is 311 g/mol. The van der Waals surface area contributed by atoms with Gasteiger partial charge >= 0.3 is 0 Å². The lowest BCUT2D eigenvalue weighted by atomic mass is 10.0. The van der Waals surface area contributed by atoms with Crippen molar-refractivity contribution < 1.29 is 9.59 Å². The maximum absolute atomic E-state index is 11.8. The van der Waals surface area contributed by atoms with Crippen molar-refractivity contribution in [1.82, 2.24) is 10.6 Å². The van der Waals surface area contributed by atoms with Gasteiger partial charge in [0, 0.05) is 7.05 Å². The van der Waals surface area contributed by atoms with E-state index < -0.39 is 6.04 Å². The van der Waals surface area contributed by atoms with Crippen LogP contribution in [-0.4, -0.2) is 31.4 Å². The number of rotatable bonds is 6. The standard InChI is InChI=1S/C18H21N3O2/c1-20-17(22)12-21-18(23)16(19)11-13-7-9-15(10-8-13)14-5-3-2-4-6-14/h2-10,16H,11-12,19H2,1H3,(H,20,22)(H,21,23). The van der Waals surface area contributed by atoms with Crippen LogP contribution in [-0.2, 0) is 16.0 Å². The lowest BCUT2D eigenvalue weighted by Gasteiger charge is -2.12. The maximum atomic E-state index is 11.8. The van der Waals surface area contributed by atoms with Crippen molar-refractivity contribution in [2.45, 2.75) is 12.5 Å². The minimum atomic E-state index is -0.678. The van der Waals surface area contributed by atoms with Crippen molar-refractivity contribution in [3.63, 3.8) is 0 Å². The Bertz CT molecular complexity index is 654. The van der Waals surface area contributed by atoms with Gasteiger partial charge in [-0.2, -0.15) is 0 Å². The molecule has 5 nitrogen and oxygen atoms in total. The van der Waals surface area contributed by atoms with Gasteiger partial charge in [-0.05, 0) is 23.1 Å². The number of benzene rings is 2. The SMILES string of the molecule is CNC(=O)CNC(=O)C(N)Cc1ccc(-c2ccccc2)cc1. The van der Waals surface area contributed by atoms with E-state index in [4.69, 9.17) is 5.73 Å². The Morgan fingerprint density at radius 2 is 1.61 bits per heavy atom. The molecular formula is C18H21N3O2. The Hall–Kier alpha value is -2.66. The molecule has 5 heteroatoms. The second-order valence-electron chi connectivity index (χ2n) is 5.26.